The van der Waals surface area contributed by atoms with E-state index < -0.39 is 21.6 Å². The molecule has 27 heavy (non-hydrogen) atoms. The maximum absolute atomic E-state index is 13.1. The van der Waals surface area contributed by atoms with Crippen LogP contribution in [0.15, 0.2) is 63.8 Å². The van der Waals surface area contributed by atoms with Crippen LogP contribution >= 0.6 is 0 Å². The fraction of sp³-hybridized carbons (Fsp3) is 0.263. The van der Waals surface area contributed by atoms with E-state index in [4.69, 9.17) is 4.42 Å². The molecule has 7 nitrogen and oxygen atoms in total. The summed E-state index contributed by atoms with van der Waals surface area (Å²) < 4.78 is 30.3. The van der Waals surface area contributed by atoms with Gasteiger partial charge < -0.3 is 9.32 Å². The average Bonchev–Trinajstić information content (AvgIpc) is 3.15. The largest absolute Gasteiger partial charge is 0.420 e. The standard InChI is InChI=1S/C19H18N2O5S/c22-18(12-20-16-8-4-5-9-17(16)26-19(20)23)21(14-6-2-1-3-7-14)15-10-11-27(24,25)13-15/h1-9,15H,10-13H2/t15-/m1/s1. The van der Waals surface area contributed by atoms with Crippen molar-refractivity contribution < 1.29 is 17.6 Å². The van der Waals surface area contributed by atoms with Crippen molar-refractivity contribution in [2.24, 2.45) is 0 Å². The van der Waals surface area contributed by atoms with E-state index in [9.17, 15) is 18.0 Å². The Morgan fingerprint density at radius 1 is 1.11 bits per heavy atom. The Bertz CT molecular complexity index is 1150. The number of benzene rings is 2. The van der Waals surface area contributed by atoms with Crippen molar-refractivity contribution in [1.82, 2.24) is 4.57 Å². The molecular weight excluding hydrogens is 368 g/mol. The first-order valence-electron chi connectivity index (χ1n) is 8.60. The number of hydrogen-bond acceptors (Lipinski definition) is 5. The van der Waals surface area contributed by atoms with Crippen molar-refractivity contribution >= 4 is 32.5 Å². The first-order chi connectivity index (χ1) is 12.9. The highest BCUT2D eigenvalue weighted by Gasteiger charge is 2.35. The van der Waals surface area contributed by atoms with Crippen LogP contribution in [0.5, 0.6) is 0 Å². The van der Waals surface area contributed by atoms with E-state index in [2.05, 4.69) is 0 Å². The molecule has 2 aromatic carbocycles. The third kappa shape index (κ3) is 3.40. The highest BCUT2D eigenvalue weighted by molar-refractivity contribution is 7.91. The molecule has 0 aliphatic carbocycles. The number of hydrogen-bond donors (Lipinski definition) is 0. The Balaban J connectivity index is 1.71. The second kappa shape index (κ2) is 6.70. The summed E-state index contributed by atoms with van der Waals surface area (Å²) in [6.07, 6.45) is 0.379. The fourth-order valence-corrected chi connectivity index (χ4v) is 5.20. The number of para-hydroxylation sites is 3. The minimum Gasteiger partial charge on any atom is -0.408 e. The molecule has 1 saturated heterocycles. The third-order valence-electron chi connectivity index (χ3n) is 4.74. The van der Waals surface area contributed by atoms with Crippen LogP contribution in [0, 0.1) is 0 Å². The first-order valence-corrected chi connectivity index (χ1v) is 10.4. The summed E-state index contributed by atoms with van der Waals surface area (Å²) in [5.41, 5.74) is 1.55. The molecule has 0 spiro atoms. The summed E-state index contributed by atoms with van der Waals surface area (Å²) in [5, 5.41) is 0. The molecule has 1 fully saturated rings. The number of sulfone groups is 1. The Kier molecular flexibility index (Phi) is 4.35. The second-order valence-electron chi connectivity index (χ2n) is 6.58. The highest BCUT2D eigenvalue weighted by atomic mass is 32.2. The topological polar surface area (TPSA) is 89.6 Å². The van der Waals surface area contributed by atoms with Gasteiger partial charge in [-0.15, -0.1) is 0 Å². The maximum atomic E-state index is 13.1. The Morgan fingerprint density at radius 2 is 1.81 bits per heavy atom. The van der Waals surface area contributed by atoms with E-state index in [1.54, 1.807) is 48.5 Å². The van der Waals surface area contributed by atoms with E-state index in [1.807, 2.05) is 6.07 Å². The van der Waals surface area contributed by atoms with Crippen molar-refractivity contribution in [3.05, 3.63) is 65.1 Å². The minimum absolute atomic E-state index is 0.0584. The molecule has 8 heteroatoms. The van der Waals surface area contributed by atoms with Gasteiger partial charge in [0.1, 0.15) is 6.54 Å². The molecule has 1 aliphatic rings. The summed E-state index contributed by atoms with van der Waals surface area (Å²) >= 11 is 0. The van der Waals surface area contributed by atoms with Crippen LogP contribution in [0.3, 0.4) is 0 Å². The van der Waals surface area contributed by atoms with Gasteiger partial charge in [-0.25, -0.2) is 13.2 Å². The number of rotatable bonds is 4. The Hall–Kier alpha value is -2.87. The van der Waals surface area contributed by atoms with Gasteiger partial charge in [-0.3, -0.25) is 9.36 Å². The number of amides is 1. The molecule has 1 atom stereocenters. The van der Waals surface area contributed by atoms with Crippen LogP contribution in [0.4, 0.5) is 5.69 Å². The lowest BCUT2D eigenvalue weighted by Gasteiger charge is -2.28. The van der Waals surface area contributed by atoms with Crippen molar-refractivity contribution in [2.75, 3.05) is 16.4 Å². The quantitative estimate of drug-likeness (QED) is 0.682. The number of carbonyl (C=O) groups excluding carboxylic acids is 1. The molecule has 1 aromatic heterocycles. The first kappa shape index (κ1) is 17.5. The molecule has 0 unspecified atom stereocenters. The van der Waals surface area contributed by atoms with Crippen molar-refractivity contribution in [1.29, 1.82) is 0 Å². The van der Waals surface area contributed by atoms with Gasteiger partial charge in [-0.05, 0) is 30.7 Å². The van der Waals surface area contributed by atoms with Gasteiger partial charge in [0.25, 0.3) is 0 Å². The molecule has 4 rings (SSSR count). The van der Waals surface area contributed by atoms with Crippen molar-refractivity contribution in [3.63, 3.8) is 0 Å². The number of fused-ring (bicyclic) bond motifs is 1. The molecule has 2 heterocycles. The number of nitrogens with zero attached hydrogens (tertiary/aromatic N) is 2. The van der Waals surface area contributed by atoms with Gasteiger partial charge in [-0.1, -0.05) is 30.3 Å². The van der Waals surface area contributed by atoms with Crippen molar-refractivity contribution in [3.8, 4) is 0 Å². The van der Waals surface area contributed by atoms with Crippen LogP contribution in [0.1, 0.15) is 6.42 Å². The van der Waals surface area contributed by atoms with Gasteiger partial charge in [0.15, 0.2) is 15.4 Å². The van der Waals surface area contributed by atoms with Gasteiger partial charge in [0, 0.05) is 5.69 Å². The highest BCUT2D eigenvalue weighted by Crippen LogP contribution is 2.25. The molecule has 1 amide bonds. The van der Waals surface area contributed by atoms with Crippen LogP contribution in [0.25, 0.3) is 11.1 Å². The van der Waals surface area contributed by atoms with Gasteiger partial charge in [-0.2, -0.15) is 0 Å². The van der Waals surface area contributed by atoms with E-state index in [1.165, 1.54) is 9.47 Å². The Labute approximate surface area is 155 Å². The molecule has 140 valence electrons. The lowest BCUT2D eigenvalue weighted by molar-refractivity contribution is -0.119. The monoisotopic (exact) mass is 386 g/mol. The molecule has 0 bridgehead atoms. The lowest BCUT2D eigenvalue weighted by atomic mass is 10.1. The second-order valence-corrected chi connectivity index (χ2v) is 8.81. The van der Waals surface area contributed by atoms with E-state index >= 15 is 0 Å². The molecule has 1 aliphatic heterocycles. The van der Waals surface area contributed by atoms with E-state index in [0.717, 1.165) is 0 Å². The summed E-state index contributed by atoms with van der Waals surface area (Å²) in [4.78, 5) is 26.8. The SMILES string of the molecule is O=C(Cn1c(=O)oc2ccccc21)N(c1ccccc1)[C@@H]1CCS(=O)(=O)C1. The van der Waals surface area contributed by atoms with Gasteiger partial charge in [0.05, 0.1) is 23.1 Å². The number of aromatic nitrogens is 1. The van der Waals surface area contributed by atoms with Crippen LogP contribution in [-0.2, 0) is 21.2 Å². The van der Waals surface area contributed by atoms with Crippen LogP contribution in [-0.4, -0.2) is 36.4 Å². The molecule has 0 radical (unpaired) electrons. The molecule has 3 aromatic rings. The van der Waals surface area contributed by atoms with Crippen LogP contribution < -0.4 is 10.7 Å². The maximum Gasteiger partial charge on any atom is 0.420 e. The molecule has 0 N–H and O–H groups in total. The normalized spacial score (nSPS) is 18.6. The van der Waals surface area contributed by atoms with E-state index in [0.29, 0.717) is 23.2 Å². The average molecular weight is 386 g/mol. The number of carbonyl (C=O) groups is 1. The fourth-order valence-electron chi connectivity index (χ4n) is 3.50. The predicted molar refractivity (Wildman–Crippen MR) is 101 cm³/mol. The predicted octanol–water partition coefficient (Wildman–Crippen LogP) is 1.81. The molecular formula is C19H18N2O5S. The summed E-state index contributed by atoms with van der Waals surface area (Å²) in [6.45, 7) is -0.221. The third-order valence-corrected chi connectivity index (χ3v) is 6.49. The van der Waals surface area contributed by atoms with Gasteiger partial charge >= 0.3 is 5.76 Å². The van der Waals surface area contributed by atoms with E-state index in [-0.39, 0.29) is 24.0 Å². The van der Waals surface area contributed by atoms with Crippen molar-refractivity contribution in [2.45, 2.75) is 19.0 Å². The summed E-state index contributed by atoms with van der Waals surface area (Å²) in [6, 6.07) is 15.4. The minimum atomic E-state index is -3.17. The summed E-state index contributed by atoms with van der Waals surface area (Å²) in [5.74, 6) is -0.981. The molecule has 0 saturated carbocycles. The zero-order valence-corrected chi connectivity index (χ0v) is 15.3. The lowest BCUT2D eigenvalue weighted by Crippen LogP contribution is -2.44. The Morgan fingerprint density at radius 3 is 2.52 bits per heavy atom. The van der Waals surface area contributed by atoms with Crippen LogP contribution in [0.2, 0.25) is 0 Å². The number of anilines is 1. The van der Waals surface area contributed by atoms with Gasteiger partial charge in [0.2, 0.25) is 5.91 Å². The zero-order valence-electron chi connectivity index (χ0n) is 14.4. The smallest absolute Gasteiger partial charge is 0.408 e. The summed E-state index contributed by atoms with van der Waals surface area (Å²) in [7, 11) is -3.17. The number of oxazole rings is 1. The zero-order chi connectivity index (χ0) is 19.0.